The van der Waals surface area contributed by atoms with Gasteiger partial charge in [0.15, 0.2) is 0 Å². The average molecular weight is 264 g/mol. The van der Waals surface area contributed by atoms with Gasteiger partial charge < -0.3 is 10.2 Å². The molecule has 0 saturated carbocycles. The van der Waals surface area contributed by atoms with Gasteiger partial charge in [0, 0.05) is 25.3 Å². The third-order valence-electron chi connectivity index (χ3n) is 3.48. The molecule has 1 unspecified atom stereocenters. The zero-order valence-electron chi connectivity index (χ0n) is 12.1. The van der Waals surface area contributed by atoms with Gasteiger partial charge in [-0.15, -0.1) is 0 Å². The predicted octanol–water partition coefficient (Wildman–Crippen LogP) is 1.43. The summed E-state index contributed by atoms with van der Waals surface area (Å²) in [4.78, 5) is 14.4. The van der Waals surface area contributed by atoms with Crippen LogP contribution in [0.1, 0.15) is 36.5 Å². The minimum absolute atomic E-state index is 0.0772. The van der Waals surface area contributed by atoms with Crippen LogP contribution in [0, 0.1) is 18.8 Å². The van der Waals surface area contributed by atoms with Gasteiger partial charge in [0.2, 0.25) is 0 Å². The molecule has 1 aliphatic rings. The van der Waals surface area contributed by atoms with Crippen LogP contribution in [0.3, 0.4) is 0 Å². The Hall–Kier alpha value is -1.36. The van der Waals surface area contributed by atoms with Gasteiger partial charge in [-0.2, -0.15) is 5.10 Å². The van der Waals surface area contributed by atoms with Crippen LogP contribution in [0.2, 0.25) is 0 Å². The number of aromatic amines is 1. The van der Waals surface area contributed by atoms with Crippen LogP contribution >= 0.6 is 0 Å². The molecule has 1 saturated heterocycles. The van der Waals surface area contributed by atoms with Crippen molar-refractivity contribution < 1.29 is 4.79 Å². The van der Waals surface area contributed by atoms with Crippen molar-refractivity contribution >= 4 is 5.91 Å². The number of H-pyrrole nitrogens is 1. The highest BCUT2D eigenvalue weighted by atomic mass is 16.1. The molecule has 5 nitrogen and oxygen atoms in total. The molecule has 1 aromatic rings. The molecule has 1 atom stereocenters. The summed E-state index contributed by atoms with van der Waals surface area (Å²) in [6.07, 6.45) is 1.17. The van der Waals surface area contributed by atoms with Crippen LogP contribution in [-0.2, 0) is 0 Å². The molecule has 1 aromatic heterocycles. The lowest BCUT2D eigenvalue weighted by atomic mass is 10.1. The summed E-state index contributed by atoms with van der Waals surface area (Å²) in [5, 5.41) is 9.73. The lowest BCUT2D eigenvalue weighted by Crippen LogP contribution is -2.32. The highest BCUT2D eigenvalue weighted by molar-refractivity contribution is 5.92. The quantitative estimate of drug-likeness (QED) is 0.845. The van der Waals surface area contributed by atoms with Crippen LogP contribution in [0.25, 0.3) is 0 Å². The van der Waals surface area contributed by atoms with E-state index in [0.717, 1.165) is 31.9 Å². The minimum Gasteiger partial charge on any atom is -0.350 e. The van der Waals surface area contributed by atoms with Crippen molar-refractivity contribution in [3.8, 4) is 0 Å². The van der Waals surface area contributed by atoms with E-state index in [2.05, 4.69) is 34.3 Å². The van der Waals surface area contributed by atoms with Crippen molar-refractivity contribution in [3.05, 3.63) is 17.5 Å². The van der Waals surface area contributed by atoms with Gasteiger partial charge in [-0.05, 0) is 37.8 Å². The molecule has 106 valence electrons. The number of likely N-dealkylation sites (tertiary alicyclic amines) is 1. The first-order valence-corrected chi connectivity index (χ1v) is 7.07. The zero-order valence-corrected chi connectivity index (χ0v) is 12.1. The van der Waals surface area contributed by atoms with E-state index in [-0.39, 0.29) is 5.91 Å². The maximum atomic E-state index is 11.9. The number of amides is 1. The molecule has 1 aliphatic heterocycles. The Morgan fingerprint density at radius 1 is 1.63 bits per heavy atom. The molecule has 2 rings (SSSR count). The monoisotopic (exact) mass is 264 g/mol. The maximum Gasteiger partial charge on any atom is 0.271 e. The summed E-state index contributed by atoms with van der Waals surface area (Å²) in [5.41, 5.74) is 1.39. The van der Waals surface area contributed by atoms with Crippen molar-refractivity contribution in [3.63, 3.8) is 0 Å². The van der Waals surface area contributed by atoms with E-state index < -0.39 is 0 Å². The number of hydrogen-bond acceptors (Lipinski definition) is 3. The van der Waals surface area contributed by atoms with Gasteiger partial charge >= 0.3 is 0 Å². The number of rotatable bonds is 5. The van der Waals surface area contributed by atoms with Gasteiger partial charge in [0.05, 0.1) is 0 Å². The normalized spacial score (nSPS) is 20.1. The average Bonchev–Trinajstić information content (AvgIpc) is 2.94. The number of hydrogen-bond donors (Lipinski definition) is 2. The Balaban J connectivity index is 1.73. The predicted molar refractivity (Wildman–Crippen MR) is 75.0 cm³/mol. The first-order chi connectivity index (χ1) is 9.04. The molecule has 1 fully saturated rings. The second-order valence-electron chi connectivity index (χ2n) is 5.95. The molecule has 0 aliphatic carbocycles. The molecule has 0 radical (unpaired) electrons. The summed E-state index contributed by atoms with van der Waals surface area (Å²) in [6.45, 7) is 10.5. The third-order valence-corrected chi connectivity index (χ3v) is 3.48. The third kappa shape index (κ3) is 4.06. The molecule has 5 heteroatoms. The summed E-state index contributed by atoms with van der Waals surface area (Å²) in [7, 11) is 0. The summed E-state index contributed by atoms with van der Waals surface area (Å²) >= 11 is 0. The van der Waals surface area contributed by atoms with Gasteiger partial charge in [-0.3, -0.25) is 9.89 Å². The first kappa shape index (κ1) is 14.1. The molecule has 0 spiro atoms. The molecule has 2 heterocycles. The molecule has 0 bridgehead atoms. The molecule has 19 heavy (non-hydrogen) atoms. The van der Waals surface area contributed by atoms with Crippen molar-refractivity contribution in [1.82, 2.24) is 20.4 Å². The Kier molecular flexibility index (Phi) is 4.58. The Morgan fingerprint density at radius 3 is 3.05 bits per heavy atom. The van der Waals surface area contributed by atoms with Crippen LogP contribution in [0.4, 0.5) is 0 Å². The van der Waals surface area contributed by atoms with E-state index in [0.29, 0.717) is 17.5 Å². The second kappa shape index (κ2) is 6.19. The molecular formula is C14H24N4O. The smallest absolute Gasteiger partial charge is 0.271 e. The van der Waals surface area contributed by atoms with Crippen LogP contribution < -0.4 is 5.32 Å². The second-order valence-corrected chi connectivity index (χ2v) is 5.95. The fourth-order valence-electron chi connectivity index (χ4n) is 2.62. The lowest BCUT2D eigenvalue weighted by molar-refractivity contribution is 0.0942. The number of aryl methyl sites for hydroxylation is 1. The summed E-state index contributed by atoms with van der Waals surface area (Å²) in [5.74, 6) is 1.20. The number of carbonyl (C=O) groups excluding carboxylic acids is 1. The van der Waals surface area contributed by atoms with E-state index in [1.165, 1.54) is 6.42 Å². The number of nitrogens with zero attached hydrogens (tertiary/aromatic N) is 2. The van der Waals surface area contributed by atoms with Gasteiger partial charge in [-0.25, -0.2) is 0 Å². The zero-order chi connectivity index (χ0) is 13.8. The van der Waals surface area contributed by atoms with E-state index >= 15 is 0 Å². The Morgan fingerprint density at radius 2 is 2.42 bits per heavy atom. The highest BCUT2D eigenvalue weighted by Gasteiger charge is 2.23. The summed E-state index contributed by atoms with van der Waals surface area (Å²) in [6, 6.07) is 1.77. The fraction of sp³-hybridized carbons (Fsp3) is 0.714. The lowest BCUT2D eigenvalue weighted by Gasteiger charge is -2.18. The van der Waals surface area contributed by atoms with Gasteiger partial charge in [0.25, 0.3) is 5.91 Å². The molecule has 0 aromatic carbocycles. The number of nitrogens with one attached hydrogen (secondary N) is 2. The molecular weight excluding hydrogens is 240 g/mol. The van der Waals surface area contributed by atoms with Crippen LogP contribution in [0.15, 0.2) is 6.07 Å². The Bertz CT molecular complexity index is 427. The SMILES string of the molecule is Cc1cc(C(=O)NCC2CCN(CC(C)C)C2)n[nH]1. The Labute approximate surface area is 114 Å². The first-order valence-electron chi connectivity index (χ1n) is 7.07. The van der Waals surface area contributed by atoms with E-state index in [4.69, 9.17) is 0 Å². The summed E-state index contributed by atoms with van der Waals surface area (Å²) < 4.78 is 0. The highest BCUT2D eigenvalue weighted by Crippen LogP contribution is 2.16. The van der Waals surface area contributed by atoms with E-state index in [9.17, 15) is 4.79 Å². The maximum absolute atomic E-state index is 11.9. The topological polar surface area (TPSA) is 61.0 Å². The number of carbonyl (C=O) groups is 1. The minimum atomic E-state index is -0.0772. The number of aromatic nitrogens is 2. The standard InChI is InChI=1S/C14H24N4O/c1-10(2)8-18-5-4-12(9-18)7-15-14(19)13-6-11(3)16-17-13/h6,10,12H,4-5,7-9H2,1-3H3,(H,15,19)(H,16,17). The largest absolute Gasteiger partial charge is 0.350 e. The van der Waals surface area contributed by atoms with Crippen molar-refractivity contribution in [2.75, 3.05) is 26.2 Å². The van der Waals surface area contributed by atoms with Gasteiger partial charge in [-0.1, -0.05) is 13.8 Å². The molecule has 1 amide bonds. The van der Waals surface area contributed by atoms with Crippen LogP contribution in [-0.4, -0.2) is 47.2 Å². The van der Waals surface area contributed by atoms with Crippen LogP contribution in [0.5, 0.6) is 0 Å². The van der Waals surface area contributed by atoms with Crippen molar-refractivity contribution in [2.45, 2.75) is 27.2 Å². The van der Waals surface area contributed by atoms with Gasteiger partial charge in [0.1, 0.15) is 5.69 Å². The van der Waals surface area contributed by atoms with Crippen molar-refractivity contribution in [1.29, 1.82) is 0 Å². The van der Waals surface area contributed by atoms with E-state index in [1.807, 2.05) is 6.92 Å². The van der Waals surface area contributed by atoms with E-state index in [1.54, 1.807) is 6.07 Å². The molecule has 2 N–H and O–H groups in total. The van der Waals surface area contributed by atoms with Crippen molar-refractivity contribution in [2.24, 2.45) is 11.8 Å². The fourth-order valence-corrected chi connectivity index (χ4v) is 2.62.